The maximum absolute atomic E-state index is 7.78. The van der Waals surface area contributed by atoms with E-state index in [0.29, 0.717) is 0 Å². The number of thiocyanates is 1. The lowest BCUT2D eigenvalue weighted by Crippen LogP contribution is -1.58. The van der Waals surface area contributed by atoms with Crippen molar-refractivity contribution < 1.29 is 0 Å². The van der Waals surface area contributed by atoms with E-state index in [1.807, 2.05) is 12.3 Å². The molecular weight excluding hydrogens is 162 g/mol. The van der Waals surface area contributed by atoms with Gasteiger partial charge in [0.2, 0.25) is 0 Å². The van der Waals surface area contributed by atoms with Gasteiger partial charge in [0, 0.05) is 5.75 Å². The maximum Gasteiger partial charge on any atom is 0.133 e. The molecule has 0 atom stereocenters. The van der Waals surface area contributed by atoms with Gasteiger partial charge in [0.15, 0.2) is 0 Å². The molecule has 0 bridgehead atoms. The smallest absolute Gasteiger partial charge is 0.133 e. The van der Waals surface area contributed by atoms with E-state index >= 15 is 0 Å². The van der Waals surface area contributed by atoms with Crippen molar-refractivity contribution in [2.75, 3.05) is 17.3 Å². The Morgan fingerprint density at radius 3 is 2.20 bits per heavy atom. The molecule has 0 unspecified atom stereocenters. The molecule has 0 aliphatic carbocycles. The molecule has 0 spiro atoms. The quantitative estimate of drug-likeness (QED) is 0.573. The van der Waals surface area contributed by atoms with Crippen molar-refractivity contribution in [3.63, 3.8) is 0 Å². The normalized spacial score (nSPS) is 15.2. The third-order valence-electron chi connectivity index (χ3n) is 1.04. The molecule has 0 radical (unpaired) electrons. The fourth-order valence-electron chi connectivity index (χ4n) is 0.575. The largest absolute Gasteiger partial charge is 0.185 e. The van der Waals surface area contributed by atoms with Crippen LogP contribution in [0.5, 0.6) is 0 Å². The SMILES string of the molecule is C1CCSC1.CCSC#N. The molecule has 0 aromatic carbocycles. The summed E-state index contributed by atoms with van der Waals surface area (Å²) in [5, 5.41) is 9.71. The van der Waals surface area contributed by atoms with Crippen molar-refractivity contribution in [1.29, 1.82) is 5.26 Å². The Morgan fingerprint density at radius 2 is 2.10 bits per heavy atom. The molecule has 1 heterocycles. The summed E-state index contributed by atoms with van der Waals surface area (Å²) in [7, 11) is 0. The van der Waals surface area contributed by atoms with Gasteiger partial charge in [0.1, 0.15) is 5.40 Å². The lowest BCUT2D eigenvalue weighted by atomic mass is 10.4. The third kappa shape index (κ3) is 8.19. The van der Waals surface area contributed by atoms with Crippen LogP contribution in [-0.4, -0.2) is 17.3 Å². The molecule has 1 aliphatic rings. The zero-order chi connectivity index (χ0) is 7.66. The first kappa shape index (κ1) is 10.2. The van der Waals surface area contributed by atoms with Crippen LogP contribution in [-0.2, 0) is 0 Å². The van der Waals surface area contributed by atoms with E-state index in [0.717, 1.165) is 5.75 Å². The fourth-order valence-corrected chi connectivity index (χ4v) is 1.72. The molecular formula is C7H13NS2. The van der Waals surface area contributed by atoms with Crippen LogP contribution in [0.25, 0.3) is 0 Å². The Hall–Kier alpha value is 0.190. The van der Waals surface area contributed by atoms with Crippen molar-refractivity contribution in [2.45, 2.75) is 19.8 Å². The Morgan fingerprint density at radius 1 is 1.50 bits per heavy atom. The van der Waals surface area contributed by atoms with Gasteiger partial charge in [0.05, 0.1) is 0 Å². The minimum absolute atomic E-state index is 0.899. The van der Waals surface area contributed by atoms with Gasteiger partial charge in [0.25, 0.3) is 0 Å². The highest BCUT2D eigenvalue weighted by atomic mass is 32.2. The van der Waals surface area contributed by atoms with Crippen LogP contribution >= 0.6 is 23.5 Å². The van der Waals surface area contributed by atoms with Gasteiger partial charge < -0.3 is 0 Å². The van der Waals surface area contributed by atoms with Crippen LogP contribution in [0.3, 0.4) is 0 Å². The van der Waals surface area contributed by atoms with Crippen molar-refractivity contribution in [3.05, 3.63) is 0 Å². The number of rotatable bonds is 1. The lowest BCUT2D eigenvalue weighted by Gasteiger charge is -1.69. The van der Waals surface area contributed by atoms with Crippen LogP contribution in [0, 0.1) is 10.7 Å². The highest BCUT2D eigenvalue weighted by molar-refractivity contribution is 8.03. The molecule has 58 valence electrons. The monoisotopic (exact) mass is 175 g/mol. The Kier molecular flexibility index (Phi) is 9.36. The van der Waals surface area contributed by atoms with E-state index in [-0.39, 0.29) is 0 Å². The Bertz CT molecular complexity index is 86.7. The van der Waals surface area contributed by atoms with Crippen molar-refractivity contribution >= 4 is 23.5 Å². The third-order valence-corrected chi connectivity index (χ3v) is 2.61. The lowest BCUT2D eigenvalue weighted by molar-refractivity contribution is 0.949. The Balaban J connectivity index is 0.000000162. The first-order valence-corrected chi connectivity index (χ1v) is 5.64. The summed E-state index contributed by atoms with van der Waals surface area (Å²) < 4.78 is 0. The van der Waals surface area contributed by atoms with E-state index in [9.17, 15) is 0 Å². The molecule has 0 aromatic rings. The summed E-state index contributed by atoms with van der Waals surface area (Å²) in [6.07, 6.45) is 2.93. The number of nitrogens with zero attached hydrogens (tertiary/aromatic N) is 1. The van der Waals surface area contributed by atoms with Crippen LogP contribution in [0.2, 0.25) is 0 Å². The molecule has 1 rings (SSSR count). The maximum atomic E-state index is 7.78. The molecule has 0 saturated carbocycles. The van der Waals surface area contributed by atoms with Crippen LogP contribution in [0.15, 0.2) is 0 Å². The van der Waals surface area contributed by atoms with Crippen molar-refractivity contribution in [2.24, 2.45) is 0 Å². The summed E-state index contributed by atoms with van der Waals surface area (Å²) >= 11 is 3.34. The molecule has 1 fully saturated rings. The summed E-state index contributed by atoms with van der Waals surface area (Å²) in [6, 6.07) is 0. The second-order valence-electron chi connectivity index (χ2n) is 1.84. The first-order chi connectivity index (χ1) is 4.91. The van der Waals surface area contributed by atoms with Crippen molar-refractivity contribution in [3.8, 4) is 5.40 Å². The second kappa shape index (κ2) is 9.19. The molecule has 0 amide bonds. The summed E-state index contributed by atoms with van der Waals surface area (Å²) in [4.78, 5) is 0. The van der Waals surface area contributed by atoms with Gasteiger partial charge in [-0.3, -0.25) is 0 Å². The average Bonchev–Trinajstić information content (AvgIpc) is 2.44. The number of thioether (sulfide) groups is 2. The zero-order valence-electron chi connectivity index (χ0n) is 6.30. The summed E-state index contributed by atoms with van der Waals surface area (Å²) in [5.41, 5.74) is 0. The fraction of sp³-hybridized carbons (Fsp3) is 0.857. The molecule has 1 aliphatic heterocycles. The number of nitriles is 1. The molecule has 0 N–H and O–H groups in total. The highest BCUT2D eigenvalue weighted by Crippen LogP contribution is 2.14. The van der Waals surface area contributed by atoms with E-state index in [1.165, 1.54) is 36.1 Å². The zero-order valence-corrected chi connectivity index (χ0v) is 7.93. The van der Waals surface area contributed by atoms with Crippen LogP contribution in [0.4, 0.5) is 0 Å². The van der Waals surface area contributed by atoms with Crippen molar-refractivity contribution in [1.82, 2.24) is 0 Å². The number of hydrogen-bond acceptors (Lipinski definition) is 3. The van der Waals surface area contributed by atoms with Gasteiger partial charge in [-0.05, 0) is 36.1 Å². The molecule has 1 saturated heterocycles. The van der Waals surface area contributed by atoms with E-state index < -0.39 is 0 Å². The van der Waals surface area contributed by atoms with E-state index in [1.54, 1.807) is 0 Å². The van der Waals surface area contributed by atoms with Gasteiger partial charge >= 0.3 is 0 Å². The summed E-state index contributed by atoms with van der Waals surface area (Å²) in [5.74, 6) is 3.73. The predicted molar refractivity (Wildman–Crippen MR) is 50.3 cm³/mol. The number of hydrogen-bond donors (Lipinski definition) is 0. The predicted octanol–water partition coefficient (Wildman–Crippen LogP) is 2.73. The standard InChI is InChI=1S/C4H8S.C3H5NS/c1-2-4-5-3-1;1-2-5-3-4/h1-4H2;2H2,1H3. The van der Waals surface area contributed by atoms with E-state index in [2.05, 4.69) is 11.8 Å². The first-order valence-electron chi connectivity index (χ1n) is 3.50. The van der Waals surface area contributed by atoms with Gasteiger partial charge in [-0.25, -0.2) is 0 Å². The topological polar surface area (TPSA) is 23.8 Å². The minimum atomic E-state index is 0.899. The second-order valence-corrected chi connectivity index (χ2v) is 4.12. The molecule has 10 heavy (non-hydrogen) atoms. The van der Waals surface area contributed by atoms with Crippen LogP contribution in [0.1, 0.15) is 19.8 Å². The van der Waals surface area contributed by atoms with Crippen LogP contribution < -0.4 is 0 Å². The van der Waals surface area contributed by atoms with E-state index in [4.69, 9.17) is 5.26 Å². The van der Waals surface area contributed by atoms with Gasteiger partial charge in [-0.2, -0.15) is 17.0 Å². The average molecular weight is 175 g/mol. The summed E-state index contributed by atoms with van der Waals surface area (Å²) in [6.45, 7) is 1.95. The highest BCUT2D eigenvalue weighted by Gasteiger charge is 1.95. The van der Waals surface area contributed by atoms with Gasteiger partial charge in [-0.1, -0.05) is 6.92 Å². The Labute approximate surface area is 71.6 Å². The minimum Gasteiger partial charge on any atom is -0.185 e. The molecule has 3 heteroatoms. The molecule has 1 nitrogen and oxygen atoms in total. The molecule has 0 aromatic heterocycles. The van der Waals surface area contributed by atoms with Gasteiger partial charge in [-0.15, -0.1) is 0 Å².